The number of carbonyl (C=O) groups excluding carboxylic acids is 3. The molecule has 1 aromatic rings. The van der Waals surface area contributed by atoms with Crippen molar-refractivity contribution in [1.29, 1.82) is 5.26 Å². The summed E-state index contributed by atoms with van der Waals surface area (Å²) in [4.78, 5) is 44.0. The van der Waals surface area contributed by atoms with Gasteiger partial charge in [0.15, 0.2) is 11.5 Å². The fourth-order valence-corrected chi connectivity index (χ4v) is 6.87. The van der Waals surface area contributed by atoms with Gasteiger partial charge < -0.3 is 29.3 Å². The summed E-state index contributed by atoms with van der Waals surface area (Å²) in [6, 6.07) is 6.29. The molecular formula is C28H34N4O6. The quantitative estimate of drug-likeness (QED) is 0.645. The number of nitrogens with zero attached hydrogens (tertiary/aromatic N) is 3. The molecule has 1 saturated carbocycles. The molecule has 4 heterocycles. The van der Waals surface area contributed by atoms with Gasteiger partial charge in [-0.2, -0.15) is 5.26 Å². The maximum absolute atomic E-state index is 13.9. The van der Waals surface area contributed by atoms with Gasteiger partial charge in [-0.05, 0) is 89.3 Å². The van der Waals surface area contributed by atoms with Crippen molar-refractivity contribution in [2.75, 3.05) is 6.79 Å². The highest BCUT2D eigenvalue weighted by Crippen LogP contribution is 2.49. The first-order chi connectivity index (χ1) is 18.1. The lowest BCUT2D eigenvalue weighted by Gasteiger charge is -2.42. The molecule has 5 aliphatic rings. The van der Waals surface area contributed by atoms with E-state index >= 15 is 0 Å². The number of nitriles is 1. The summed E-state index contributed by atoms with van der Waals surface area (Å²) < 4.78 is 16.4. The number of amides is 3. The minimum absolute atomic E-state index is 0.0357. The minimum atomic E-state index is -0.800. The normalized spacial score (nSPS) is 31.3. The SMILES string of the molecule is CC(C)(C)OC(=O)N[C@H](C(=O)N1[C@H](C#N)C[C@@H]2C[C@@H]21)C1CC2CCC(C1)N2C(=O)c1ccc2c(c1)OCO2. The Kier molecular flexibility index (Phi) is 5.93. The first-order valence-corrected chi connectivity index (χ1v) is 13.6. The second kappa shape index (κ2) is 9.07. The van der Waals surface area contributed by atoms with Crippen molar-refractivity contribution >= 4 is 17.9 Å². The van der Waals surface area contributed by atoms with Crippen molar-refractivity contribution in [3.8, 4) is 17.6 Å². The lowest BCUT2D eigenvalue weighted by atomic mass is 9.83. The van der Waals surface area contributed by atoms with E-state index in [0.717, 1.165) is 19.3 Å². The highest BCUT2D eigenvalue weighted by atomic mass is 16.7. The standard InChI is InChI=1S/C28H34N4O6/c1-28(2,3)38-27(35)30-24(26(34)32-20(13-29)8-16-11-21(16)32)17-9-18-5-6-19(10-17)31(18)25(33)15-4-7-22-23(12-15)37-14-36-22/h4,7,12,16-21,24H,5-6,8-11,14H2,1-3H3,(H,30,35)/t16-,17?,18?,19?,20+,21+,24+/m1/s1. The average molecular weight is 523 g/mol. The topological polar surface area (TPSA) is 121 Å². The number of nitrogens with one attached hydrogen (secondary N) is 1. The van der Waals surface area contributed by atoms with E-state index in [1.165, 1.54) is 0 Å². The summed E-state index contributed by atoms with van der Waals surface area (Å²) in [7, 11) is 0. The molecule has 6 rings (SSSR count). The van der Waals surface area contributed by atoms with Crippen LogP contribution >= 0.6 is 0 Å². The van der Waals surface area contributed by atoms with Gasteiger partial charge in [-0.1, -0.05) is 0 Å². The smallest absolute Gasteiger partial charge is 0.408 e. The molecule has 202 valence electrons. The number of rotatable bonds is 4. The molecule has 1 aliphatic carbocycles. The molecule has 0 spiro atoms. The number of benzene rings is 1. The molecule has 4 fully saturated rings. The molecule has 10 nitrogen and oxygen atoms in total. The zero-order valence-electron chi connectivity index (χ0n) is 22.0. The van der Waals surface area contributed by atoms with Crippen LogP contribution in [0.15, 0.2) is 18.2 Å². The molecule has 0 radical (unpaired) electrons. The molecule has 2 bridgehead atoms. The molecule has 2 unspecified atom stereocenters. The van der Waals surface area contributed by atoms with Crippen molar-refractivity contribution in [2.24, 2.45) is 11.8 Å². The molecular weight excluding hydrogens is 488 g/mol. The Morgan fingerprint density at radius 3 is 2.45 bits per heavy atom. The van der Waals surface area contributed by atoms with Crippen LogP contribution in [0, 0.1) is 23.2 Å². The van der Waals surface area contributed by atoms with Crippen molar-refractivity contribution in [2.45, 2.75) is 95.1 Å². The van der Waals surface area contributed by atoms with Gasteiger partial charge in [0.1, 0.15) is 17.7 Å². The minimum Gasteiger partial charge on any atom is -0.454 e. The van der Waals surface area contributed by atoms with E-state index in [9.17, 15) is 19.6 Å². The lowest BCUT2D eigenvalue weighted by molar-refractivity contribution is -0.136. The van der Waals surface area contributed by atoms with Crippen molar-refractivity contribution in [3.63, 3.8) is 0 Å². The molecule has 3 saturated heterocycles. The van der Waals surface area contributed by atoms with Gasteiger partial charge in [0.2, 0.25) is 12.7 Å². The largest absolute Gasteiger partial charge is 0.454 e. The number of alkyl carbamates (subject to hydrolysis) is 1. The predicted octanol–water partition coefficient (Wildman–Crippen LogP) is 3.20. The van der Waals surface area contributed by atoms with Crippen LogP contribution in [0.2, 0.25) is 0 Å². The van der Waals surface area contributed by atoms with Gasteiger partial charge >= 0.3 is 6.09 Å². The third-order valence-electron chi connectivity index (χ3n) is 8.54. The maximum atomic E-state index is 13.9. The van der Waals surface area contributed by atoms with Crippen molar-refractivity contribution in [3.05, 3.63) is 23.8 Å². The summed E-state index contributed by atoms with van der Waals surface area (Å²) in [5, 5.41) is 12.6. The van der Waals surface area contributed by atoms with Crippen LogP contribution in [0.1, 0.15) is 69.7 Å². The summed E-state index contributed by atoms with van der Waals surface area (Å²) in [6.45, 7) is 5.50. The molecule has 1 aromatic carbocycles. The molecule has 3 amide bonds. The second-order valence-electron chi connectivity index (χ2n) is 12.2. The van der Waals surface area contributed by atoms with Crippen LogP contribution in [0.5, 0.6) is 11.5 Å². The number of carbonyl (C=O) groups is 3. The van der Waals surface area contributed by atoms with Gasteiger partial charge in [0.25, 0.3) is 5.91 Å². The van der Waals surface area contributed by atoms with E-state index in [1.807, 2.05) is 4.90 Å². The van der Waals surface area contributed by atoms with E-state index in [-0.39, 0.29) is 42.7 Å². The fraction of sp³-hybridized carbons (Fsp3) is 0.643. The lowest BCUT2D eigenvalue weighted by Crippen LogP contribution is -2.58. The first kappa shape index (κ1) is 24.8. The Morgan fingerprint density at radius 2 is 1.76 bits per heavy atom. The van der Waals surface area contributed by atoms with Crippen LogP contribution < -0.4 is 14.8 Å². The van der Waals surface area contributed by atoms with E-state index in [1.54, 1.807) is 43.9 Å². The van der Waals surface area contributed by atoms with Crippen molar-refractivity contribution < 1.29 is 28.6 Å². The van der Waals surface area contributed by atoms with Gasteiger partial charge in [0, 0.05) is 23.7 Å². The number of fused-ring (bicyclic) bond motifs is 4. The molecule has 6 atom stereocenters. The van der Waals surface area contributed by atoms with Crippen LogP contribution in [0.25, 0.3) is 0 Å². The van der Waals surface area contributed by atoms with Crippen molar-refractivity contribution in [1.82, 2.24) is 15.1 Å². The Balaban J connectivity index is 1.22. The fourth-order valence-electron chi connectivity index (χ4n) is 6.87. The Labute approximate surface area is 222 Å². The summed E-state index contributed by atoms with van der Waals surface area (Å²) in [5.74, 6) is 1.16. The Hall–Kier alpha value is -3.48. The zero-order chi connectivity index (χ0) is 26.8. The predicted molar refractivity (Wildman–Crippen MR) is 134 cm³/mol. The van der Waals surface area contributed by atoms with E-state index in [4.69, 9.17) is 14.2 Å². The average Bonchev–Trinajstić information content (AvgIpc) is 3.19. The van der Waals surface area contributed by atoms with Crippen LogP contribution in [0.3, 0.4) is 0 Å². The second-order valence-corrected chi connectivity index (χ2v) is 12.2. The number of hydrogen-bond acceptors (Lipinski definition) is 7. The summed E-state index contributed by atoms with van der Waals surface area (Å²) in [5.41, 5.74) is -0.153. The summed E-state index contributed by atoms with van der Waals surface area (Å²) in [6.07, 6.45) is 3.86. The Bertz CT molecular complexity index is 1190. The molecule has 0 aromatic heterocycles. The summed E-state index contributed by atoms with van der Waals surface area (Å²) >= 11 is 0. The zero-order valence-corrected chi connectivity index (χ0v) is 22.0. The van der Waals surface area contributed by atoms with E-state index < -0.39 is 23.8 Å². The van der Waals surface area contributed by atoms with Crippen LogP contribution in [0.4, 0.5) is 4.79 Å². The number of ether oxygens (including phenoxy) is 3. The van der Waals surface area contributed by atoms with E-state index in [2.05, 4.69) is 11.4 Å². The van der Waals surface area contributed by atoms with E-state index in [0.29, 0.717) is 42.2 Å². The number of piperidine rings is 2. The van der Waals surface area contributed by atoms with Gasteiger partial charge in [-0.3, -0.25) is 9.59 Å². The maximum Gasteiger partial charge on any atom is 0.408 e. The van der Waals surface area contributed by atoms with Gasteiger partial charge in [0.05, 0.1) is 6.07 Å². The number of likely N-dealkylation sites (tertiary alicyclic amines) is 1. The molecule has 4 aliphatic heterocycles. The molecule has 38 heavy (non-hydrogen) atoms. The van der Waals surface area contributed by atoms with Gasteiger partial charge in [-0.25, -0.2) is 4.79 Å². The molecule has 10 heteroatoms. The first-order valence-electron chi connectivity index (χ1n) is 13.6. The highest BCUT2D eigenvalue weighted by molar-refractivity contribution is 5.96. The highest BCUT2D eigenvalue weighted by Gasteiger charge is 2.57. The number of hydrogen-bond donors (Lipinski definition) is 1. The Morgan fingerprint density at radius 1 is 1.05 bits per heavy atom. The van der Waals surface area contributed by atoms with Gasteiger partial charge in [-0.15, -0.1) is 0 Å². The van der Waals surface area contributed by atoms with Crippen LogP contribution in [-0.2, 0) is 9.53 Å². The monoisotopic (exact) mass is 522 g/mol. The van der Waals surface area contributed by atoms with Crippen LogP contribution in [-0.4, -0.2) is 70.3 Å². The third kappa shape index (κ3) is 4.42. The molecule has 1 N–H and O–H groups in total. The third-order valence-corrected chi connectivity index (χ3v) is 8.54.